The van der Waals surface area contributed by atoms with Crippen molar-refractivity contribution in [2.24, 2.45) is 0 Å². The molecule has 0 aliphatic rings. The molecule has 25 heavy (non-hydrogen) atoms. The highest BCUT2D eigenvalue weighted by atomic mass is 35.5. The lowest BCUT2D eigenvalue weighted by Crippen LogP contribution is -3.00. The van der Waals surface area contributed by atoms with Crippen LogP contribution in [0.1, 0.15) is 11.3 Å². The molecule has 0 aliphatic carbocycles. The molecule has 6 heteroatoms. The second-order valence-corrected chi connectivity index (χ2v) is 5.75. The summed E-state index contributed by atoms with van der Waals surface area (Å²) in [4.78, 5) is 0. The highest BCUT2D eigenvalue weighted by molar-refractivity contribution is 6.31. The van der Waals surface area contributed by atoms with Gasteiger partial charge >= 0.3 is 0 Å². The number of hydrogen-bond donors (Lipinski definition) is 1. The summed E-state index contributed by atoms with van der Waals surface area (Å²) in [7, 11) is 1.65. The molecule has 0 saturated carbocycles. The van der Waals surface area contributed by atoms with Crippen LogP contribution in [-0.4, -0.2) is 7.11 Å². The van der Waals surface area contributed by atoms with Gasteiger partial charge in [-0.15, -0.1) is 0 Å². The Morgan fingerprint density at radius 2 is 1.80 bits per heavy atom. The minimum Gasteiger partial charge on any atom is -1.00 e. The third-order valence-corrected chi connectivity index (χ3v) is 3.94. The summed E-state index contributed by atoms with van der Waals surface area (Å²) in [5.41, 5.74) is 1.91. The van der Waals surface area contributed by atoms with Crippen molar-refractivity contribution in [2.45, 2.75) is 13.1 Å². The van der Waals surface area contributed by atoms with E-state index in [9.17, 15) is 4.39 Å². The summed E-state index contributed by atoms with van der Waals surface area (Å²) >= 11 is 5.81. The number of benzene rings is 2. The van der Waals surface area contributed by atoms with Crippen LogP contribution in [0, 0.1) is 5.82 Å². The van der Waals surface area contributed by atoms with E-state index in [-0.39, 0.29) is 17.4 Å². The minimum atomic E-state index is -0.437. The van der Waals surface area contributed by atoms with E-state index in [0.717, 1.165) is 29.2 Å². The molecular weight excluding hydrogens is 364 g/mol. The number of furan rings is 1. The third kappa shape index (κ3) is 4.98. The highest BCUT2D eigenvalue weighted by Crippen LogP contribution is 2.26. The van der Waals surface area contributed by atoms with Crippen molar-refractivity contribution in [1.29, 1.82) is 0 Å². The van der Waals surface area contributed by atoms with Crippen LogP contribution in [0.15, 0.2) is 59.0 Å². The second kappa shape index (κ2) is 8.90. The number of halogens is 3. The normalized spacial score (nSPS) is 10.4. The summed E-state index contributed by atoms with van der Waals surface area (Å²) in [6, 6.07) is 16.2. The molecule has 0 atom stereocenters. The Labute approximate surface area is 157 Å². The lowest BCUT2D eigenvalue weighted by atomic mass is 10.2. The summed E-state index contributed by atoms with van der Waals surface area (Å²) < 4.78 is 24.1. The van der Waals surface area contributed by atoms with Crippen LogP contribution in [0.4, 0.5) is 4.39 Å². The Balaban J connectivity index is 0.00000225. The zero-order valence-corrected chi connectivity index (χ0v) is 15.1. The van der Waals surface area contributed by atoms with Crippen molar-refractivity contribution in [3.05, 3.63) is 76.8 Å². The Hall–Kier alpha value is -2.01. The molecule has 0 fully saturated rings. The molecule has 0 spiro atoms. The molecular formula is C19H17Cl2FNO2-. The first-order valence-electron chi connectivity index (χ1n) is 7.53. The Bertz CT molecular complexity index is 819. The average Bonchev–Trinajstić information content (AvgIpc) is 3.07. The quantitative estimate of drug-likeness (QED) is 0.710. The highest BCUT2D eigenvalue weighted by Gasteiger charge is 2.07. The predicted molar refractivity (Wildman–Crippen MR) is 92.6 cm³/mol. The first kappa shape index (κ1) is 19.3. The van der Waals surface area contributed by atoms with Crippen LogP contribution >= 0.6 is 11.6 Å². The fourth-order valence-corrected chi connectivity index (χ4v) is 2.53. The maximum absolute atomic E-state index is 13.2. The average molecular weight is 381 g/mol. The summed E-state index contributed by atoms with van der Waals surface area (Å²) in [5, 5.41) is 3.41. The minimum absolute atomic E-state index is 0. The fourth-order valence-electron chi connectivity index (χ4n) is 2.35. The largest absolute Gasteiger partial charge is 1.00 e. The lowest BCUT2D eigenvalue weighted by molar-refractivity contribution is -0.00000621. The maximum atomic E-state index is 13.2. The van der Waals surface area contributed by atoms with E-state index in [1.165, 1.54) is 6.07 Å². The molecule has 0 unspecified atom stereocenters. The van der Waals surface area contributed by atoms with Crippen molar-refractivity contribution >= 4 is 11.6 Å². The van der Waals surface area contributed by atoms with Crippen LogP contribution in [0.2, 0.25) is 5.02 Å². The van der Waals surface area contributed by atoms with Gasteiger partial charge in [0.2, 0.25) is 0 Å². The van der Waals surface area contributed by atoms with Gasteiger partial charge in [0.25, 0.3) is 0 Å². The summed E-state index contributed by atoms with van der Waals surface area (Å²) in [5.74, 6) is 1.87. The van der Waals surface area contributed by atoms with Gasteiger partial charge in [-0.25, -0.2) is 4.39 Å². The zero-order chi connectivity index (χ0) is 16.9. The first-order chi connectivity index (χ1) is 11.7. The van der Waals surface area contributed by atoms with Gasteiger partial charge in [-0.3, -0.25) is 0 Å². The van der Waals surface area contributed by atoms with Crippen molar-refractivity contribution in [1.82, 2.24) is 5.32 Å². The van der Waals surface area contributed by atoms with Crippen molar-refractivity contribution in [2.75, 3.05) is 7.11 Å². The van der Waals surface area contributed by atoms with E-state index < -0.39 is 5.82 Å². The molecule has 3 rings (SSSR count). The molecule has 3 aromatic rings. The fraction of sp³-hybridized carbons (Fsp3) is 0.158. The van der Waals surface area contributed by atoms with E-state index in [1.54, 1.807) is 19.2 Å². The van der Waals surface area contributed by atoms with Gasteiger partial charge in [0.1, 0.15) is 23.1 Å². The molecule has 2 aromatic carbocycles. The van der Waals surface area contributed by atoms with E-state index >= 15 is 0 Å². The number of methoxy groups -OCH3 is 1. The van der Waals surface area contributed by atoms with Crippen LogP contribution in [0.3, 0.4) is 0 Å². The Morgan fingerprint density at radius 3 is 2.48 bits per heavy atom. The topological polar surface area (TPSA) is 34.4 Å². The second-order valence-electron chi connectivity index (χ2n) is 5.35. The molecule has 0 aliphatic heterocycles. The Morgan fingerprint density at radius 1 is 1.04 bits per heavy atom. The van der Waals surface area contributed by atoms with E-state index in [4.69, 9.17) is 20.8 Å². The maximum Gasteiger partial charge on any atom is 0.141 e. The SMILES string of the molecule is COc1ccc(CNCc2ccc(-c3ccc(F)c(Cl)c3)o2)cc1.[Cl-]. The Kier molecular flexibility index (Phi) is 6.88. The van der Waals surface area contributed by atoms with Crippen molar-refractivity contribution in [3.63, 3.8) is 0 Å². The summed E-state index contributed by atoms with van der Waals surface area (Å²) in [6.07, 6.45) is 0. The van der Waals surface area contributed by atoms with Gasteiger partial charge in [0.05, 0.1) is 18.7 Å². The third-order valence-electron chi connectivity index (χ3n) is 3.65. The van der Waals surface area contributed by atoms with Gasteiger partial charge in [-0.2, -0.15) is 0 Å². The van der Waals surface area contributed by atoms with Gasteiger partial charge in [-0.1, -0.05) is 23.7 Å². The molecule has 1 N–H and O–H groups in total. The smallest absolute Gasteiger partial charge is 0.141 e. The molecule has 0 saturated heterocycles. The predicted octanol–water partition coefficient (Wildman–Crippen LogP) is 2.04. The van der Waals surface area contributed by atoms with Crippen LogP contribution < -0.4 is 22.5 Å². The molecule has 0 radical (unpaired) electrons. The van der Waals surface area contributed by atoms with E-state index in [0.29, 0.717) is 12.3 Å². The molecule has 0 bridgehead atoms. The lowest BCUT2D eigenvalue weighted by Gasteiger charge is -2.05. The van der Waals surface area contributed by atoms with Gasteiger partial charge in [-0.05, 0) is 48.0 Å². The molecule has 3 nitrogen and oxygen atoms in total. The van der Waals surface area contributed by atoms with Crippen molar-refractivity contribution in [3.8, 4) is 17.1 Å². The molecule has 1 heterocycles. The number of nitrogens with one attached hydrogen (secondary N) is 1. The zero-order valence-electron chi connectivity index (χ0n) is 13.6. The number of hydrogen-bond acceptors (Lipinski definition) is 3. The van der Waals surface area contributed by atoms with Crippen LogP contribution in [0.5, 0.6) is 5.75 Å². The van der Waals surface area contributed by atoms with E-state index in [1.807, 2.05) is 36.4 Å². The first-order valence-corrected chi connectivity index (χ1v) is 7.91. The van der Waals surface area contributed by atoms with Crippen molar-refractivity contribution < 1.29 is 26.0 Å². The van der Waals surface area contributed by atoms with Gasteiger partial charge in [0, 0.05) is 12.1 Å². The standard InChI is InChI=1S/C19H17ClFNO2.ClH/c1-23-15-5-2-13(3-6-15)11-22-12-16-7-9-19(24-16)14-4-8-18(21)17(20)10-14;/h2-10,22H,11-12H2,1H3;1H/p-1. The molecule has 1 aromatic heterocycles. The number of rotatable bonds is 6. The monoisotopic (exact) mass is 380 g/mol. The van der Waals surface area contributed by atoms with Gasteiger partial charge < -0.3 is 26.9 Å². The van der Waals surface area contributed by atoms with Crippen LogP contribution in [0.25, 0.3) is 11.3 Å². The molecule has 132 valence electrons. The van der Waals surface area contributed by atoms with Gasteiger partial charge in [0.15, 0.2) is 0 Å². The van der Waals surface area contributed by atoms with E-state index in [2.05, 4.69) is 5.32 Å². The number of ether oxygens (including phenoxy) is 1. The van der Waals surface area contributed by atoms with Crippen LogP contribution in [-0.2, 0) is 13.1 Å². The molecule has 0 amide bonds. The summed E-state index contributed by atoms with van der Waals surface area (Å²) in [6.45, 7) is 1.32.